The van der Waals surface area contributed by atoms with E-state index in [1.807, 2.05) is 48.7 Å². The molecule has 186 valence electrons. The summed E-state index contributed by atoms with van der Waals surface area (Å²) in [6.07, 6.45) is 0. The number of ether oxygens (including phenoxy) is 2. The number of amides is 1. The minimum absolute atomic E-state index is 0.0392. The lowest BCUT2D eigenvalue weighted by atomic mass is 9.99. The van der Waals surface area contributed by atoms with Gasteiger partial charge in [0, 0.05) is 16.1 Å². The molecule has 1 aromatic heterocycles. The minimum Gasteiger partial charge on any atom is -0.507 e. The molecular weight excluding hydrogens is 510 g/mol. The van der Waals surface area contributed by atoms with Crippen molar-refractivity contribution < 1.29 is 24.2 Å². The number of halogens is 1. The number of thiophene rings is 1. The summed E-state index contributed by atoms with van der Waals surface area (Å²) in [4.78, 5) is 28.8. The molecule has 4 aromatic rings. The Bertz CT molecular complexity index is 1510. The quantitative estimate of drug-likeness (QED) is 0.163. The lowest BCUT2D eigenvalue weighted by molar-refractivity contribution is -0.132. The van der Waals surface area contributed by atoms with E-state index in [9.17, 15) is 14.7 Å². The second kappa shape index (κ2) is 10.1. The monoisotopic (exact) mass is 531 g/mol. The van der Waals surface area contributed by atoms with E-state index in [4.69, 9.17) is 21.1 Å². The molecule has 0 aliphatic carbocycles. The van der Waals surface area contributed by atoms with Gasteiger partial charge in [-0.3, -0.25) is 14.5 Å². The Balaban J connectivity index is 1.57. The molecular formula is C29H22ClNO5S. The molecule has 1 amide bonds. The summed E-state index contributed by atoms with van der Waals surface area (Å²) in [5.41, 5.74) is 1.74. The molecule has 1 unspecified atom stereocenters. The van der Waals surface area contributed by atoms with E-state index >= 15 is 0 Å². The third-order valence-corrected chi connectivity index (χ3v) is 7.28. The van der Waals surface area contributed by atoms with Crippen LogP contribution in [0.4, 0.5) is 5.69 Å². The van der Waals surface area contributed by atoms with E-state index in [2.05, 4.69) is 0 Å². The summed E-state index contributed by atoms with van der Waals surface area (Å²) in [7, 11) is 1.49. The number of Topliss-reactive ketones (excluding diaryl/α,β-unsaturated/α-hetero) is 1. The fourth-order valence-electron chi connectivity index (χ4n) is 4.26. The molecule has 0 spiro atoms. The second-order valence-electron chi connectivity index (χ2n) is 8.44. The first kappa shape index (κ1) is 24.6. The largest absolute Gasteiger partial charge is 0.507 e. The Labute approximate surface area is 223 Å². The van der Waals surface area contributed by atoms with Crippen molar-refractivity contribution >= 4 is 46.1 Å². The van der Waals surface area contributed by atoms with Crippen molar-refractivity contribution in [2.75, 3.05) is 12.0 Å². The molecule has 5 rings (SSSR count). The molecule has 2 heterocycles. The maximum atomic E-state index is 13.3. The summed E-state index contributed by atoms with van der Waals surface area (Å²) in [6, 6.07) is 22.2. The van der Waals surface area contributed by atoms with Crippen LogP contribution >= 0.6 is 22.9 Å². The van der Waals surface area contributed by atoms with Crippen molar-refractivity contribution in [2.24, 2.45) is 0 Å². The first-order valence-electron chi connectivity index (χ1n) is 11.4. The standard InChI is InChI=1S/C29H22ClNO5S/c1-17-5-3-6-21(15-17)36-19-10-8-18(9-11-19)31-26(24-7-4-14-37-24)25(28(33)29(31)34)27(32)22-16-20(35-2)12-13-23(22)30/h3-16,26,32H,1-2H3/b27-25-. The van der Waals surface area contributed by atoms with E-state index < -0.39 is 17.7 Å². The third kappa shape index (κ3) is 4.71. The van der Waals surface area contributed by atoms with Gasteiger partial charge in [-0.2, -0.15) is 0 Å². The van der Waals surface area contributed by atoms with Gasteiger partial charge in [0.05, 0.1) is 17.7 Å². The highest BCUT2D eigenvalue weighted by Crippen LogP contribution is 2.45. The maximum Gasteiger partial charge on any atom is 0.300 e. The normalized spacial score (nSPS) is 16.7. The predicted octanol–water partition coefficient (Wildman–Crippen LogP) is 7.14. The number of aliphatic hydroxyl groups is 1. The molecule has 1 N–H and O–H groups in total. The van der Waals surface area contributed by atoms with Gasteiger partial charge in [0.15, 0.2) is 0 Å². The van der Waals surface area contributed by atoms with Gasteiger partial charge < -0.3 is 14.6 Å². The number of hydrogen-bond donors (Lipinski definition) is 1. The lowest BCUT2D eigenvalue weighted by Crippen LogP contribution is -2.29. The minimum atomic E-state index is -0.828. The number of anilines is 1. The van der Waals surface area contributed by atoms with Gasteiger partial charge in [-0.15, -0.1) is 11.3 Å². The zero-order chi connectivity index (χ0) is 26.1. The van der Waals surface area contributed by atoms with Crippen LogP contribution in [0.25, 0.3) is 5.76 Å². The SMILES string of the molecule is COc1ccc(Cl)c(/C(O)=C2/C(=O)C(=O)N(c3ccc(Oc4cccc(C)c4)cc3)C2c2cccs2)c1. The summed E-state index contributed by atoms with van der Waals surface area (Å²) < 4.78 is 11.2. The predicted molar refractivity (Wildman–Crippen MR) is 145 cm³/mol. The van der Waals surface area contributed by atoms with Gasteiger partial charge in [-0.1, -0.05) is 29.8 Å². The van der Waals surface area contributed by atoms with Gasteiger partial charge in [0.1, 0.15) is 29.0 Å². The van der Waals surface area contributed by atoms with E-state index in [0.29, 0.717) is 22.9 Å². The van der Waals surface area contributed by atoms with E-state index in [1.165, 1.54) is 29.4 Å². The molecule has 1 saturated heterocycles. The molecule has 6 nitrogen and oxygen atoms in total. The molecule has 8 heteroatoms. The average molecular weight is 532 g/mol. The van der Waals surface area contributed by atoms with Gasteiger partial charge in [-0.25, -0.2) is 0 Å². The van der Waals surface area contributed by atoms with Gasteiger partial charge >= 0.3 is 0 Å². The average Bonchev–Trinajstić information content (AvgIpc) is 3.51. The number of methoxy groups -OCH3 is 1. The van der Waals surface area contributed by atoms with E-state index in [1.54, 1.807) is 36.4 Å². The zero-order valence-corrected chi connectivity index (χ0v) is 21.5. The summed E-state index contributed by atoms with van der Waals surface area (Å²) in [5.74, 6) is -0.162. The van der Waals surface area contributed by atoms with Crippen molar-refractivity contribution in [2.45, 2.75) is 13.0 Å². The molecule has 1 aliphatic heterocycles. The highest BCUT2D eigenvalue weighted by molar-refractivity contribution is 7.10. The van der Waals surface area contributed by atoms with Gasteiger partial charge in [0.2, 0.25) is 0 Å². The van der Waals surface area contributed by atoms with Crippen LogP contribution in [0.3, 0.4) is 0 Å². The van der Waals surface area contributed by atoms with Crippen LogP contribution in [-0.4, -0.2) is 23.9 Å². The van der Waals surface area contributed by atoms with E-state index in [-0.39, 0.29) is 21.9 Å². The number of benzene rings is 3. The smallest absolute Gasteiger partial charge is 0.300 e. The summed E-state index contributed by atoms with van der Waals surface area (Å²) in [5, 5.41) is 13.4. The summed E-state index contributed by atoms with van der Waals surface area (Å²) in [6.45, 7) is 1.98. The van der Waals surface area contributed by atoms with Gasteiger partial charge in [-0.05, 0) is 78.5 Å². The van der Waals surface area contributed by atoms with Crippen LogP contribution in [0.2, 0.25) is 5.02 Å². The number of carbonyl (C=O) groups excluding carboxylic acids is 2. The van der Waals surface area contributed by atoms with Crippen LogP contribution in [0.1, 0.15) is 22.0 Å². The van der Waals surface area contributed by atoms with Crippen LogP contribution in [-0.2, 0) is 9.59 Å². The number of aliphatic hydroxyl groups excluding tert-OH is 1. The Morgan fingerprint density at radius 2 is 1.70 bits per heavy atom. The Morgan fingerprint density at radius 3 is 2.38 bits per heavy atom. The number of ketones is 1. The van der Waals surface area contributed by atoms with Crippen molar-refractivity contribution in [1.82, 2.24) is 0 Å². The van der Waals surface area contributed by atoms with Crippen molar-refractivity contribution in [1.29, 1.82) is 0 Å². The Hall–Kier alpha value is -4.07. The maximum absolute atomic E-state index is 13.3. The molecule has 0 saturated carbocycles. The Morgan fingerprint density at radius 1 is 0.946 bits per heavy atom. The number of nitrogens with zero attached hydrogens (tertiary/aromatic N) is 1. The first-order chi connectivity index (χ1) is 17.9. The summed E-state index contributed by atoms with van der Waals surface area (Å²) >= 11 is 7.74. The Kier molecular flexibility index (Phi) is 6.74. The molecule has 3 aromatic carbocycles. The zero-order valence-electron chi connectivity index (χ0n) is 20.0. The lowest BCUT2D eigenvalue weighted by Gasteiger charge is -2.24. The molecule has 37 heavy (non-hydrogen) atoms. The second-order valence-corrected chi connectivity index (χ2v) is 9.83. The van der Waals surface area contributed by atoms with Crippen LogP contribution in [0, 0.1) is 6.92 Å². The van der Waals surface area contributed by atoms with Crippen molar-refractivity contribution in [3.05, 3.63) is 111 Å². The highest BCUT2D eigenvalue weighted by atomic mass is 35.5. The van der Waals surface area contributed by atoms with Crippen molar-refractivity contribution in [3.63, 3.8) is 0 Å². The van der Waals surface area contributed by atoms with Crippen molar-refractivity contribution in [3.8, 4) is 17.2 Å². The highest BCUT2D eigenvalue weighted by Gasteiger charge is 2.47. The molecule has 0 radical (unpaired) electrons. The molecule has 1 atom stereocenters. The number of rotatable bonds is 6. The molecule has 0 bridgehead atoms. The molecule has 1 aliphatic rings. The molecule has 1 fully saturated rings. The fourth-order valence-corrected chi connectivity index (χ4v) is 5.29. The first-order valence-corrected chi connectivity index (χ1v) is 12.7. The number of carbonyl (C=O) groups is 2. The third-order valence-electron chi connectivity index (χ3n) is 6.03. The number of hydrogen-bond acceptors (Lipinski definition) is 6. The van der Waals surface area contributed by atoms with Crippen LogP contribution < -0.4 is 14.4 Å². The topological polar surface area (TPSA) is 76.1 Å². The van der Waals surface area contributed by atoms with Gasteiger partial charge in [0.25, 0.3) is 11.7 Å². The fraction of sp³-hybridized carbons (Fsp3) is 0.103. The van der Waals surface area contributed by atoms with E-state index in [0.717, 1.165) is 10.4 Å². The van der Waals surface area contributed by atoms with Crippen LogP contribution in [0.15, 0.2) is 89.8 Å². The number of aryl methyl sites for hydroxylation is 1. The van der Waals surface area contributed by atoms with Crippen LogP contribution in [0.5, 0.6) is 17.2 Å².